The van der Waals surface area contributed by atoms with Crippen LogP contribution in [0.1, 0.15) is 45.0 Å². The monoisotopic (exact) mass is 224 g/mol. The summed E-state index contributed by atoms with van der Waals surface area (Å²) < 4.78 is 5.50. The average Bonchev–Trinajstić information content (AvgIpc) is 2.71. The van der Waals surface area contributed by atoms with Gasteiger partial charge in [-0.1, -0.05) is 18.4 Å². The van der Waals surface area contributed by atoms with E-state index in [4.69, 9.17) is 4.42 Å². The van der Waals surface area contributed by atoms with Crippen LogP contribution in [0.4, 0.5) is 6.01 Å². The highest BCUT2D eigenvalue weighted by Gasteiger charge is 2.31. The molecule has 0 saturated heterocycles. The van der Waals surface area contributed by atoms with Crippen molar-refractivity contribution in [1.82, 2.24) is 15.5 Å². The van der Waals surface area contributed by atoms with E-state index in [0.717, 1.165) is 6.54 Å². The summed E-state index contributed by atoms with van der Waals surface area (Å²) in [5, 5.41) is 14.3. The van der Waals surface area contributed by atoms with E-state index in [1.807, 2.05) is 14.0 Å². The smallest absolute Gasteiger partial charge is 0.315 e. The Balaban J connectivity index is 1.87. The van der Waals surface area contributed by atoms with E-state index in [9.17, 15) is 0 Å². The van der Waals surface area contributed by atoms with Gasteiger partial charge in [-0.15, -0.1) is 5.10 Å². The van der Waals surface area contributed by atoms with E-state index in [-0.39, 0.29) is 6.04 Å². The highest BCUT2D eigenvalue weighted by molar-refractivity contribution is 5.18. The van der Waals surface area contributed by atoms with Crippen molar-refractivity contribution in [1.29, 1.82) is 0 Å². The van der Waals surface area contributed by atoms with Crippen LogP contribution in [0.2, 0.25) is 0 Å². The highest BCUT2D eigenvalue weighted by atomic mass is 16.4. The summed E-state index contributed by atoms with van der Waals surface area (Å²) in [4.78, 5) is 0. The first-order valence-electron chi connectivity index (χ1n) is 5.87. The van der Waals surface area contributed by atoms with Gasteiger partial charge in [0, 0.05) is 6.54 Å². The first-order chi connectivity index (χ1) is 7.63. The Morgan fingerprint density at radius 3 is 2.75 bits per heavy atom. The molecule has 0 bridgehead atoms. The van der Waals surface area contributed by atoms with E-state index < -0.39 is 0 Å². The van der Waals surface area contributed by atoms with Crippen molar-refractivity contribution in [2.45, 2.75) is 39.2 Å². The number of nitrogens with one attached hydrogen (secondary N) is 2. The van der Waals surface area contributed by atoms with Crippen LogP contribution in [0.15, 0.2) is 4.42 Å². The Morgan fingerprint density at radius 1 is 1.44 bits per heavy atom. The molecule has 1 saturated carbocycles. The van der Waals surface area contributed by atoms with Crippen molar-refractivity contribution in [2.24, 2.45) is 5.41 Å². The fourth-order valence-electron chi connectivity index (χ4n) is 1.85. The molecule has 1 aliphatic rings. The van der Waals surface area contributed by atoms with Crippen molar-refractivity contribution in [3.05, 3.63) is 5.89 Å². The second kappa shape index (κ2) is 4.41. The fourth-order valence-corrected chi connectivity index (χ4v) is 1.85. The van der Waals surface area contributed by atoms with Gasteiger partial charge in [0.05, 0.1) is 6.04 Å². The van der Waals surface area contributed by atoms with Crippen LogP contribution in [0.25, 0.3) is 0 Å². The molecule has 1 aliphatic carbocycles. The Kier molecular flexibility index (Phi) is 3.14. The number of anilines is 1. The summed E-state index contributed by atoms with van der Waals surface area (Å²) >= 11 is 0. The molecule has 1 fully saturated rings. The lowest BCUT2D eigenvalue weighted by Gasteiger charge is -2.38. The molecular formula is C11H20N4O. The summed E-state index contributed by atoms with van der Waals surface area (Å²) in [5.41, 5.74) is 0.420. The quantitative estimate of drug-likeness (QED) is 0.800. The van der Waals surface area contributed by atoms with E-state index in [1.54, 1.807) is 0 Å². The molecule has 2 N–H and O–H groups in total. The average molecular weight is 224 g/mol. The topological polar surface area (TPSA) is 63.0 Å². The molecule has 0 aliphatic heterocycles. The molecule has 5 heteroatoms. The molecule has 1 aromatic heterocycles. The van der Waals surface area contributed by atoms with Crippen LogP contribution < -0.4 is 10.6 Å². The van der Waals surface area contributed by atoms with Crippen LogP contribution in [0, 0.1) is 5.41 Å². The maximum Gasteiger partial charge on any atom is 0.315 e. The van der Waals surface area contributed by atoms with Crippen LogP contribution in [-0.2, 0) is 0 Å². The lowest BCUT2D eigenvalue weighted by molar-refractivity contribution is 0.178. The van der Waals surface area contributed by atoms with E-state index in [0.29, 0.717) is 17.3 Å². The van der Waals surface area contributed by atoms with Crippen LogP contribution in [0.3, 0.4) is 0 Å². The zero-order chi connectivity index (χ0) is 11.6. The largest absolute Gasteiger partial charge is 0.406 e. The van der Waals surface area contributed by atoms with Gasteiger partial charge in [-0.2, -0.15) is 0 Å². The highest BCUT2D eigenvalue weighted by Crippen LogP contribution is 2.40. The van der Waals surface area contributed by atoms with Crippen molar-refractivity contribution in [2.75, 3.05) is 18.9 Å². The molecule has 0 radical (unpaired) electrons. The third-order valence-electron chi connectivity index (χ3n) is 3.47. The first kappa shape index (κ1) is 11.4. The van der Waals surface area contributed by atoms with Crippen molar-refractivity contribution in [3.8, 4) is 0 Å². The van der Waals surface area contributed by atoms with Gasteiger partial charge >= 0.3 is 6.01 Å². The van der Waals surface area contributed by atoms with Gasteiger partial charge in [-0.25, -0.2) is 0 Å². The third-order valence-corrected chi connectivity index (χ3v) is 3.47. The standard InChI is InChI=1S/C11H20N4O/c1-8(12-3)9-14-15-10(16-9)13-7-11(2)5-4-6-11/h8,12H,4-7H2,1-3H3,(H,13,15). The molecule has 0 amide bonds. The third kappa shape index (κ3) is 2.35. The summed E-state index contributed by atoms with van der Waals surface area (Å²) in [7, 11) is 1.87. The fraction of sp³-hybridized carbons (Fsp3) is 0.818. The predicted molar refractivity (Wildman–Crippen MR) is 62.2 cm³/mol. The molecule has 1 unspecified atom stereocenters. The van der Waals surface area contributed by atoms with E-state index in [2.05, 4.69) is 27.8 Å². The van der Waals surface area contributed by atoms with Crippen molar-refractivity contribution >= 4 is 6.01 Å². The van der Waals surface area contributed by atoms with Crippen molar-refractivity contribution < 1.29 is 4.42 Å². The minimum absolute atomic E-state index is 0.0994. The molecule has 0 aromatic carbocycles. The SMILES string of the molecule is CNC(C)c1nnc(NCC2(C)CCC2)o1. The molecule has 5 nitrogen and oxygen atoms in total. The normalized spacial score (nSPS) is 20.2. The number of nitrogens with zero attached hydrogens (tertiary/aromatic N) is 2. The van der Waals surface area contributed by atoms with Gasteiger partial charge in [0.25, 0.3) is 0 Å². The van der Waals surface area contributed by atoms with Gasteiger partial charge in [-0.3, -0.25) is 0 Å². The molecular weight excluding hydrogens is 204 g/mol. The van der Waals surface area contributed by atoms with Crippen LogP contribution >= 0.6 is 0 Å². The molecule has 1 aromatic rings. The van der Waals surface area contributed by atoms with Crippen LogP contribution in [-0.4, -0.2) is 23.8 Å². The molecule has 0 spiro atoms. The number of hydrogen-bond acceptors (Lipinski definition) is 5. The Morgan fingerprint density at radius 2 is 2.19 bits per heavy atom. The first-order valence-corrected chi connectivity index (χ1v) is 5.87. The summed E-state index contributed by atoms with van der Waals surface area (Å²) in [6, 6.07) is 0.632. The van der Waals surface area contributed by atoms with Crippen molar-refractivity contribution in [3.63, 3.8) is 0 Å². The second-order valence-electron chi connectivity index (χ2n) is 4.97. The second-order valence-corrected chi connectivity index (χ2v) is 4.97. The minimum Gasteiger partial charge on any atom is -0.406 e. The zero-order valence-corrected chi connectivity index (χ0v) is 10.2. The van der Waals surface area contributed by atoms with Gasteiger partial charge in [0.15, 0.2) is 0 Å². The minimum atomic E-state index is 0.0994. The van der Waals surface area contributed by atoms with E-state index >= 15 is 0 Å². The molecule has 1 atom stereocenters. The Hall–Kier alpha value is -1.10. The van der Waals surface area contributed by atoms with Gasteiger partial charge < -0.3 is 15.1 Å². The molecule has 16 heavy (non-hydrogen) atoms. The van der Waals surface area contributed by atoms with Gasteiger partial charge in [0.2, 0.25) is 5.89 Å². The zero-order valence-electron chi connectivity index (χ0n) is 10.2. The maximum absolute atomic E-state index is 5.50. The summed E-state index contributed by atoms with van der Waals surface area (Å²) in [6.07, 6.45) is 3.91. The van der Waals surface area contributed by atoms with Gasteiger partial charge in [0.1, 0.15) is 0 Å². The number of aromatic nitrogens is 2. The molecule has 1 heterocycles. The maximum atomic E-state index is 5.50. The van der Waals surface area contributed by atoms with E-state index in [1.165, 1.54) is 19.3 Å². The summed E-state index contributed by atoms with van der Waals surface area (Å²) in [6.45, 7) is 5.20. The number of hydrogen-bond donors (Lipinski definition) is 2. The summed E-state index contributed by atoms with van der Waals surface area (Å²) in [5.74, 6) is 0.628. The predicted octanol–water partition coefficient (Wildman–Crippen LogP) is 1.95. The number of rotatable bonds is 5. The van der Waals surface area contributed by atoms with Crippen LogP contribution in [0.5, 0.6) is 0 Å². The molecule has 2 rings (SSSR count). The van der Waals surface area contributed by atoms with Gasteiger partial charge in [-0.05, 0) is 32.2 Å². The molecule has 90 valence electrons. The lowest BCUT2D eigenvalue weighted by Crippen LogP contribution is -2.33. The Bertz CT molecular complexity index is 346. The Labute approximate surface area is 96.0 Å². The lowest BCUT2D eigenvalue weighted by atomic mass is 9.70.